The molecule has 0 amide bonds. The minimum absolute atomic E-state index is 0.0606. The van der Waals surface area contributed by atoms with Crippen LogP contribution in [0, 0.1) is 0 Å². The highest BCUT2D eigenvalue weighted by molar-refractivity contribution is 5.77. The number of benzene rings is 2. The number of carbonyl (C=O) groups is 1. The second-order valence-corrected chi connectivity index (χ2v) is 7.96. The van der Waals surface area contributed by atoms with E-state index in [1.165, 1.54) is 0 Å². The van der Waals surface area contributed by atoms with Crippen LogP contribution in [0.25, 0.3) is 11.1 Å². The number of rotatable bonds is 8. The number of hydrogen-bond donors (Lipinski definition) is 1. The van der Waals surface area contributed by atoms with E-state index in [-0.39, 0.29) is 12.8 Å². The van der Waals surface area contributed by atoms with E-state index >= 15 is 0 Å². The summed E-state index contributed by atoms with van der Waals surface area (Å²) in [6, 6.07) is 11.2. The molecule has 6 heteroatoms. The molecule has 4 nitrogen and oxygen atoms in total. The maximum absolute atomic E-state index is 14.0. The third kappa shape index (κ3) is 4.36. The molecule has 1 aliphatic rings. The van der Waals surface area contributed by atoms with E-state index < -0.39 is 30.3 Å². The molecule has 0 saturated heterocycles. The predicted molar refractivity (Wildman–Crippen MR) is 107 cm³/mol. The number of aliphatic carboxylic acids is 1. The van der Waals surface area contributed by atoms with E-state index in [1.54, 1.807) is 7.11 Å². The van der Waals surface area contributed by atoms with Crippen LogP contribution in [0.15, 0.2) is 36.4 Å². The van der Waals surface area contributed by atoms with Gasteiger partial charge in [-0.3, -0.25) is 4.39 Å². The van der Waals surface area contributed by atoms with Gasteiger partial charge in [-0.2, -0.15) is 0 Å². The molecule has 2 aromatic carbocycles. The number of methoxy groups -OCH3 is 1. The Bertz CT molecular complexity index is 894. The van der Waals surface area contributed by atoms with Crippen molar-refractivity contribution < 1.29 is 28.2 Å². The summed E-state index contributed by atoms with van der Waals surface area (Å²) in [5.74, 6) is -0.746. The summed E-state index contributed by atoms with van der Waals surface area (Å²) in [6.07, 6.45) is -1.58. The molecule has 1 aliphatic heterocycles. The van der Waals surface area contributed by atoms with Crippen LogP contribution >= 0.6 is 0 Å². The van der Waals surface area contributed by atoms with Gasteiger partial charge in [0.05, 0.1) is 13.8 Å². The number of halogens is 2. The third-order valence-corrected chi connectivity index (χ3v) is 5.33. The molecular weight excluding hydrogens is 378 g/mol. The van der Waals surface area contributed by atoms with Crippen LogP contribution in [0.3, 0.4) is 0 Å². The van der Waals surface area contributed by atoms with Crippen molar-refractivity contribution in [2.24, 2.45) is 0 Å². The molecule has 156 valence electrons. The van der Waals surface area contributed by atoms with Gasteiger partial charge in [-0.1, -0.05) is 30.3 Å². The van der Waals surface area contributed by atoms with Crippen LogP contribution in [0.5, 0.6) is 11.5 Å². The highest BCUT2D eigenvalue weighted by Gasteiger charge is 2.35. The van der Waals surface area contributed by atoms with Gasteiger partial charge in [-0.15, -0.1) is 0 Å². The van der Waals surface area contributed by atoms with Gasteiger partial charge in [0.25, 0.3) is 0 Å². The molecule has 2 atom stereocenters. The molecule has 3 rings (SSSR count). The minimum atomic E-state index is -2.04. The molecule has 0 spiro atoms. The molecule has 0 fully saturated rings. The Morgan fingerprint density at radius 1 is 1.24 bits per heavy atom. The minimum Gasteiger partial charge on any atom is -0.493 e. The standard InChI is InChI=1S/C23H26F2O4/c1-23(2)13-18-17(8-9-20(28-3)21(18)29-23)16-7-5-4-6-15(16)14(10-11-24)12-19(25)22(26)27/h4-9,14,19H,10-13H2,1-3H3,(H,26,27). The maximum atomic E-state index is 14.0. The molecule has 0 aromatic heterocycles. The fourth-order valence-corrected chi connectivity index (χ4v) is 4.03. The number of fused-ring (bicyclic) bond motifs is 1. The lowest BCUT2D eigenvalue weighted by Crippen LogP contribution is -2.24. The van der Waals surface area contributed by atoms with Crippen LogP contribution in [0.4, 0.5) is 8.78 Å². The topological polar surface area (TPSA) is 55.8 Å². The van der Waals surface area contributed by atoms with E-state index in [0.29, 0.717) is 17.9 Å². The van der Waals surface area contributed by atoms with Crippen molar-refractivity contribution in [2.45, 2.75) is 50.8 Å². The zero-order valence-corrected chi connectivity index (χ0v) is 16.9. The summed E-state index contributed by atoms with van der Waals surface area (Å²) in [7, 11) is 1.59. The summed E-state index contributed by atoms with van der Waals surface area (Å²) < 4.78 is 38.8. The van der Waals surface area contributed by atoms with Crippen molar-refractivity contribution in [1.82, 2.24) is 0 Å². The van der Waals surface area contributed by atoms with Crippen molar-refractivity contribution in [3.05, 3.63) is 47.5 Å². The molecular formula is C23H26F2O4. The zero-order valence-electron chi connectivity index (χ0n) is 16.9. The average Bonchev–Trinajstić information content (AvgIpc) is 3.01. The maximum Gasteiger partial charge on any atom is 0.338 e. The molecule has 0 aliphatic carbocycles. The van der Waals surface area contributed by atoms with Crippen LogP contribution in [0.2, 0.25) is 0 Å². The van der Waals surface area contributed by atoms with E-state index in [1.807, 2.05) is 50.2 Å². The lowest BCUT2D eigenvalue weighted by Gasteiger charge is -2.21. The predicted octanol–water partition coefficient (Wildman–Crippen LogP) is 5.33. The summed E-state index contributed by atoms with van der Waals surface area (Å²) in [6.45, 7) is 3.34. The Morgan fingerprint density at radius 3 is 2.62 bits per heavy atom. The normalized spacial score (nSPS) is 16.6. The SMILES string of the molecule is COc1ccc(-c2ccccc2C(CCF)CC(F)C(=O)O)c2c1OC(C)(C)C2. The molecule has 0 saturated carbocycles. The fraction of sp³-hybridized carbons (Fsp3) is 0.435. The summed E-state index contributed by atoms with van der Waals surface area (Å²) in [4.78, 5) is 11.0. The van der Waals surface area contributed by atoms with Crippen LogP contribution in [-0.4, -0.2) is 36.6 Å². The highest BCUT2D eigenvalue weighted by Crippen LogP contribution is 2.48. The van der Waals surface area contributed by atoms with Crippen molar-refractivity contribution in [2.75, 3.05) is 13.8 Å². The number of carboxylic acid groups (broad SMARTS) is 1. The largest absolute Gasteiger partial charge is 0.493 e. The fourth-order valence-electron chi connectivity index (χ4n) is 4.03. The average molecular weight is 404 g/mol. The van der Waals surface area contributed by atoms with Crippen LogP contribution in [0.1, 0.15) is 43.7 Å². The lowest BCUT2D eigenvalue weighted by molar-refractivity contribution is -0.143. The lowest BCUT2D eigenvalue weighted by atomic mass is 9.83. The first kappa shape index (κ1) is 21.1. The van der Waals surface area contributed by atoms with E-state index in [0.717, 1.165) is 22.3 Å². The quantitative estimate of drug-likeness (QED) is 0.646. The third-order valence-electron chi connectivity index (χ3n) is 5.33. The van der Waals surface area contributed by atoms with E-state index in [9.17, 15) is 13.6 Å². The van der Waals surface area contributed by atoms with Gasteiger partial charge in [0.2, 0.25) is 0 Å². The second-order valence-electron chi connectivity index (χ2n) is 7.96. The Morgan fingerprint density at radius 2 is 1.97 bits per heavy atom. The molecule has 1 N–H and O–H groups in total. The number of alkyl halides is 2. The van der Waals surface area contributed by atoms with Gasteiger partial charge in [-0.05, 0) is 55.4 Å². The van der Waals surface area contributed by atoms with Gasteiger partial charge in [0.15, 0.2) is 17.7 Å². The van der Waals surface area contributed by atoms with Crippen molar-refractivity contribution >= 4 is 5.97 Å². The van der Waals surface area contributed by atoms with Gasteiger partial charge < -0.3 is 14.6 Å². The first-order valence-corrected chi connectivity index (χ1v) is 9.68. The molecule has 1 heterocycles. The number of carboxylic acids is 1. The van der Waals surface area contributed by atoms with Gasteiger partial charge in [-0.25, -0.2) is 9.18 Å². The zero-order chi connectivity index (χ0) is 21.2. The van der Waals surface area contributed by atoms with Crippen LogP contribution < -0.4 is 9.47 Å². The van der Waals surface area contributed by atoms with Crippen molar-refractivity contribution in [3.63, 3.8) is 0 Å². The molecule has 2 aromatic rings. The summed E-state index contributed by atoms with van der Waals surface area (Å²) >= 11 is 0. The van der Waals surface area contributed by atoms with Gasteiger partial charge in [0, 0.05) is 12.0 Å². The van der Waals surface area contributed by atoms with Crippen molar-refractivity contribution in [1.29, 1.82) is 0 Å². The van der Waals surface area contributed by atoms with E-state index in [2.05, 4.69) is 0 Å². The Kier molecular flexibility index (Phi) is 6.10. The molecule has 0 radical (unpaired) electrons. The Labute approximate surface area is 169 Å². The number of ether oxygens (including phenoxy) is 2. The highest BCUT2D eigenvalue weighted by atomic mass is 19.1. The van der Waals surface area contributed by atoms with Crippen LogP contribution in [-0.2, 0) is 11.2 Å². The first-order chi connectivity index (χ1) is 13.8. The number of hydrogen-bond acceptors (Lipinski definition) is 3. The van der Waals surface area contributed by atoms with Gasteiger partial charge in [0.1, 0.15) is 5.60 Å². The Hall–Kier alpha value is -2.63. The molecule has 29 heavy (non-hydrogen) atoms. The first-order valence-electron chi connectivity index (χ1n) is 9.68. The molecule has 0 bridgehead atoms. The van der Waals surface area contributed by atoms with E-state index in [4.69, 9.17) is 14.6 Å². The second kappa shape index (κ2) is 8.39. The summed E-state index contributed by atoms with van der Waals surface area (Å²) in [5, 5.41) is 8.98. The molecule has 2 unspecified atom stereocenters. The summed E-state index contributed by atoms with van der Waals surface area (Å²) in [5.41, 5.74) is 3.08. The van der Waals surface area contributed by atoms with Gasteiger partial charge >= 0.3 is 5.97 Å². The van der Waals surface area contributed by atoms with Crippen molar-refractivity contribution in [3.8, 4) is 22.6 Å². The Balaban J connectivity index is 2.10. The monoisotopic (exact) mass is 404 g/mol. The smallest absolute Gasteiger partial charge is 0.338 e.